The van der Waals surface area contributed by atoms with Crippen LogP contribution in [0.4, 0.5) is 0 Å². The molecular formula is C26H22O5. The van der Waals surface area contributed by atoms with E-state index in [-0.39, 0.29) is 0 Å². The lowest BCUT2D eigenvalue weighted by Gasteiger charge is -2.10. The zero-order chi connectivity index (χ0) is 21.5. The number of hydrogen-bond donors (Lipinski definition) is 0. The summed E-state index contributed by atoms with van der Waals surface area (Å²) >= 11 is 0. The first-order valence-corrected chi connectivity index (χ1v) is 9.73. The van der Waals surface area contributed by atoms with Crippen molar-refractivity contribution in [3.05, 3.63) is 97.1 Å². The summed E-state index contributed by atoms with van der Waals surface area (Å²) in [5.41, 5.74) is 0. The fourth-order valence-corrected chi connectivity index (χ4v) is 2.85. The second-order valence-corrected chi connectivity index (χ2v) is 6.60. The predicted octanol–water partition coefficient (Wildman–Crippen LogP) is 7.08. The van der Waals surface area contributed by atoms with Gasteiger partial charge in [0.25, 0.3) is 0 Å². The summed E-state index contributed by atoms with van der Waals surface area (Å²) in [5.74, 6) is 5.93. The van der Waals surface area contributed by atoms with Crippen LogP contribution in [0, 0.1) is 0 Å². The SMILES string of the molecule is COc1ccc(Oc2ccc(Oc3ccc(Oc4ccc(OC)cc4)cc3)cc2)cc1. The third-order valence-electron chi connectivity index (χ3n) is 4.47. The van der Waals surface area contributed by atoms with Gasteiger partial charge in [-0.05, 0) is 97.1 Å². The van der Waals surface area contributed by atoms with Gasteiger partial charge in [0.15, 0.2) is 0 Å². The van der Waals surface area contributed by atoms with Crippen LogP contribution in [0.15, 0.2) is 97.1 Å². The number of benzene rings is 4. The maximum atomic E-state index is 5.91. The Kier molecular flexibility index (Phi) is 6.24. The monoisotopic (exact) mass is 414 g/mol. The Morgan fingerprint density at radius 3 is 0.613 bits per heavy atom. The van der Waals surface area contributed by atoms with Gasteiger partial charge in [0.05, 0.1) is 14.2 Å². The second kappa shape index (κ2) is 9.59. The van der Waals surface area contributed by atoms with Crippen molar-refractivity contribution in [2.45, 2.75) is 0 Å². The third kappa shape index (κ3) is 5.48. The van der Waals surface area contributed by atoms with Crippen molar-refractivity contribution in [3.63, 3.8) is 0 Å². The van der Waals surface area contributed by atoms with Crippen molar-refractivity contribution >= 4 is 0 Å². The van der Waals surface area contributed by atoms with E-state index >= 15 is 0 Å². The summed E-state index contributed by atoms with van der Waals surface area (Å²) < 4.78 is 27.9. The molecule has 0 fully saturated rings. The van der Waals surface area contributed by atoms with Crippen LogP contribution in [-0.4, -0.2) is 14.2 Å². The van der Waals surface area contributed by atoms with Crippen LogP contribution in [0.25, 0.3) is 0 Å². The highest BCUT2D eigenvalue weighted by Gasteiger charge is 2.03. The molecule has 31 heavy (non-hydrogen) atoms. The molecule has 0 aliphatic rings. The highest BCUT2D eigenvalue weighted by Crippen LogP contribution is 2.30. The molecule has 0 aliphatic heterocycles. The Hall–Kier alpha value is -4.12. The summed E-state index contributed by atoms with van der Waals surface area (Å²) in [4.78, 5) is 0. The van der Waals surface area contributed by atoms with Gasteiger partial charge in [0, 0.05) is 0 Å². The highest BCUT2D eigenvalue weighted by molar-refractivity contribution is 5.41. The molecule has 0 saturated carbocycles. The van der Waals surface area contributed by atoms with E-state index in [0.717, 1.165) is 34.5 Å². The average Bonchev–Trinajstić information content (AvgIpc) is 2.82. The van der Waals surface area contributed by atoms with Crippen LogP contribution in [0.2, 0.25) is 0 Å². The molecule has 0 aromatic heterocycles. The molecule has 0 radical (unpaired) electrons. The van der Waals surface area contributed by atoms with Gasteiger partial charge in [0.1, 0.15) is 46.0 Å². The fraction of sp³-hybridized carbons (Fsp3) is 0.0769. The molecule has 0 bridgehead atoms. The van der Waals surface area contributed by atoms with Crippen LogP contribution < -0.4 is 23.7 Å². The molecule has 0 amide bonds. The minimum absolute atomic E-state index is 0.714. The lowest BCUT2D eigenvalue weighted by molar-refractivity contribution is 0.413. The van der Waals surface area contributed by atoms with Crippen molar-refractivity contribution in [1.82, 2.24) is 0 Å². The smallest absolute Gasteiger partial charge is 0.127 e. The van der Waals surface area contributed by atoms with Crippen LogP contribution in [0.1, 0.15) is 0 Å². The van der Waals surface area contributed by atoms with Crippen molar-refractivity contribution in [3.8, 4) is 46.0 Å². The van der Waals surface area contributed by atoms with Gasteiger partial charge in [0.2, 0.25) is 0 Å². The van der Waals surface area contributed by atoms with Crippen LogP contribution in [0.5, 0.6) is 46.0 Å². The Balaban J connectivity index is 1.34. The molecular weight excluding hydrogens is 392 g/mol. The zero-order valence-corrected chi connectivity index (χ0v) is 17.3. The molecule has 4 rings (SSSR count). The Labute approximate surface area is 181 Å². The minimum Gasteiger partial charge on any atom is -0.497 e. The first-order valence-electron chi connectivity index (χ1n) is 9.73. The lowest BCUT2D eigenvalue weighted by Crippen LogP contribution is -1.88. The fourth-order valence-electron chi connectivity index (χ4n) is 2.85. The predicted molar refractivity (Wildman–Crippen MR) is 119 cm³/mol. The Morgan fingerprint density at radius 1 is 0.290 bits per heavy atom. The van der Waals surface area contributed by atoms with Gasteiger partial charge >= 0.3 is 0 Å². The first kappa shape index (κ1) is 20.2. The van der Waals surface area contributed by atoms with E-state index in [0.29, 0.717) is 11.5 Å². The summed E-state index contributed by atoms with van der Waals surface area (Å²) in [5, 5.41) is 0. The van der Waals surface area contributed by atoms with E-state index < -0.39 is 0 Å². The van der Waals surface area contributed by atoms with Gasteiger partial charge in [-0.15, -0.1) is 0 Å². The van der Waals surface area contributed by atoms with Gasteiger partial charge in [-0.25, -0.2) is 0 Å². The van der Waals surface area contributed by atoms with Gasteiger partial charge in [-0.3, -0.25) is 0 Å². The van der Waals surface area contributed by atoms with Gasteiger partial charge in [-0.1, -0.05) is 0 Å². The number of rotatable bonds is 8. The van der Waals surface area contributed by atoms with Crippen molar-refractivity contribution in [2.24, 2.45) is 0 Å². The standard InChI is InChI=1S/C26H22O5/c1-27-19-3-7-21(8-4-19)29-23-11-15-25(16-12-23)31-26-17-13-24(14-18-26)30-22-9-5-20(28-2)6-10-22/h3-18H,1-2H3. The third-order valence-corrected chi connectivity index (χ3v) is 4.47. The summed E-state index contributed by atoms with van der Waals surface area (Å²) in [6, 6.07) is 29.8. The Bertz CT molecular complexity index is 996. The molecule has 5 heteroatoms. The molecule has 0 N–H and O–H groups in total. The van der Waals surface area contributed by atoms with E-state index in [1.807, 2.05) is 97.1 Å². The largest absolute Gasteiger partial charge is 0.497 e. The zero-order valence-electron chi connectivity index (χ0n) is 17.3. The second-order valence-electron chi connectivity index (χ2n) is 6.60. The van der Waals surface area contributed by atoms with Crippen LogP contribution in [0.3, 0.4) is 0 Å². The molecule has 0 aliphatic carbocycles. The quantitative estimate of drug-likeness (QED) is 0.308. The van der Waals surface area contributed by atoms with Gasteiger partial charge < -0.3 is 23.7 Å². The molecule has 0 unspecified atom stereocenters. The van der Waals surface area contributed by atoms with E-state index in [1.165, 1.54) is 0 Å². The van der Waals surface area contributed by atoms with E-state index in [2.05, 4.69) is 0 Å². The van der Waals surface area contributed by atoms with Gasteiger partial charge in [-0.2, -0.15) is 0 Å². The molecule has 0 heterocycles. The Morgan fingerprint density at radius 2 is 0.452 bits per heavy atom. The van der Waals surface area contributed by atoms with Crippen LogP contribution >= 0.6 is 0 Å². The molecule has 156 valence electrons. The first-order chi connectivity index (χ1) is 15.2. The summed E-state index contributed by atoms with van der Waals surface area (Å²) in [7, 11) is 3.27. The molecule has 4 aromatic rings. The number of ether oxygens (including phenoxy) is 5. The highest BCUT2D eigenvalue weighted by atomic mass is 16.5. The van der Waals surface area contributed by atoms with E-state index in [9.17, 15) is 0 Å². The summed E-state index contributed by atoms with van der Waals surface area (Å²) in [6.07, 6.45) is 0. The number of methoxy groups -OCH3 is 2. The summed E-state index contributed by atoms with van der Waals surface area (Å²) in [6.45, 7) is 0. The van der Waals surface area contributed by atoms with E-state index in [1.54, 1.807) is 14.2 Å². The van der Waals surface area contributed by atoms with Crippen molar-refractivity contribution in [1.29, 1.82) is 0 Å². The van der Waals surface area contributed by atoms with Crippen LogP contribution in [-0.2, 0) is 0 Å². The number of hydrogen-bond acceptors (Lipinski definition) is 5. The molecule has 5 nitrogen and oxygen atoms in total. The molecule has 0 spiro atoms. The maximum Gasteiger partial charge on any atom is 0.127 e. The molecule has 0 atom stereocenters. The van der Waals surface area contributed by atoms with Crippen molar-refractivity contribution in [2.75, 3.05) is 14.2 Å². The van der Waals surface area contributed by atoms with Crippen molar-refractivity contribution < 1.29 is 23.7 Å². The normalized spacial score (nSPS) is 10.3. The van der Waals surface area contributed by atoms with E-state index in [4.69, 9.17) is 23.7 Å². The average molecular weight is 414 g/mol. The topological polar surface area (TPSA) is 46.2 Å². The minimum atomic E-state index is 0.714. The molecule has 4 aromatic carbocycles. The lowest BCUT2D eigenvalue weighted by atomic mass is 10.3. The molecule has 0 saturated heterocycles. The maximum absolute atomic E-state index is 5.91.